The average Bonchev–Trinajstić information content (AvgIpc) is 2.02. The number of aliphatic carboxylic acids is 1. The second-order valence-corrected chi connectivity index (χ2v) is 4.26. The van der Waals surface area contributed by atoms with E-state index in [9.17, 15) is 4.79 Å². The fraction of sp³-hybridized carbons (Fsp3) is 0.875. The largest absolute Gasteiger partial charge is 0.481 e. The molecule has 0 saturated heterocycles. The molecule has 4 heteroatoms. The van der Waals surface area contributed by atoms with Crippen LogP contribution in [0.25, 0.3) is 0 Å². The minimum Gasteiger partial charge on any atom is -0.481 e. The van der Waals surface area contributed by atoms with E-state index in [0.717, 1.165) is 6.42 Å². The molecule has 0 aromatic rings. The Morgan fingerprint density at radius 2 is 2.25 bits per heavy atom. The van der Waals surface area contributed by atoms with Crippen molar-refractivity contribution < 1.29 is 9.90 Å². The highest BCUT2D eigenvalue weighted by Gasteiger charge is 2.14. The van der Waals surface area contributed by atoms with Gasteiger partial charge in [0.2, 0.25) is 0 Å². The van der Waals surface area contributed by atoms with Crippen LogP contribution in [0.2, 0.25) is 0 Å². The predicted molar refractivity (Wildman–Crippen MR) is 52.4 cm³/mol. The molecule has 2 unspecified atom stereocenters. The lowest BCUT2D eigenvalue weighted by Gasteiger charge is -2.15. The van der Waals surface area contributed by atoms with E-state index in [1.54, 1.807) is 11.8 Å². The summed E-state index contributed by atoms with van der Waals surface area (Å²) in [5.74, 6) is -0.622. The van der Waals surface area contributed by atoms with E-state index >= 15 is 0 Å². The second kappa shape index (κ2) is 6.31. The molecule has 3 nitrogen and oxygen atoms in total. The molecule has 0 aliphatic carbocycles. The van der Waals surface area contributed by atoms with Crippen LogP contribution in [0.1, 0.15) is 19.8 Å². The van der Waals surface area contributed by atoms with Crippen LogP contribution in [0.5, 0.6) is 0 Å². The summed E-state index contributed by atoms with van der Waals surface area (Å²) in [5, 5.41) is 9.04. The molecule has 0 rings (SSSR count). The van der Waals surface area contributed by atoms with Gasteiger partial charge in [-0.2, -0.15) is 11.8 Å². The summed E-state index contributed by atoms with van der Waals surface area (Å²) < 4.78 is 0. The normalized spacial score (nSPS) is 15.6. The first-order valence-electron chi connectivity index (χ1n) is 4.04. The van der Waals surface area contributed by atoms with E-state index in [1.807, 2.05) is 6.26 Å². The molecular weight excluding hydrogens is 174 g/mol. The smallest absolute Gasteiger partial charge is 0.303 e. The number of rotatable bonds is 6. The van der Waals surface area contributed by atoms with Crippen LogP contribution in [-0.4, -0.2) is 29.1 Å². The minimum absolute atomic E-state index is 0.130. The van der Waals surface area contributed by atoms with Crippen LogP contribution in [-0.2, 0) is 4.79 Å². The number of carbonyl (C=O) groups is 1. The van der Waals surface area contributed by atoms with Gasteiger partial charge >= 0.3 is 5.97 Å². The fourth-order valence-electron chi connectivity index (χ4n) is 1.08. The Hall–Kier alpha value is -0.220. The quantitative estimate of drug-likeness (QED) is 0.661. The van der Waals surface area contributed by atoms with E-state index in [-0.39, 0.29) is 12.3 Å². The van der Waals surface area contributed by atoms with Crippen molar-refractivity contribution in [2.24, 2.45) is 11.7 Å². The first kappa shape index (κ1) is 11.8. The maximum Gasteiger partial charge on any atom is 0.303 e. The van der Waals surface area contributed by atoms with Gasteiger partial charge in [-0.05, 0) is 25.1 Å². The van der Waals surface area contributed by atoms with Crippen molar-refractivity contribution in [2.75, 3.05) is 12.8 Å². The first-order valence-corrected chi connectivity index (χ1v) is 5.33. The number of hydrogen-bond donors (Lipinski definition) is 2. The molecule has 0 aliphatic heterocycles. The van der Waals surface area contributed by atoms with Crippen LogP contribution in [0.3, 0.4) is 0 Å². The Balaban J connectivity index is 3.74. The third-order valence-corrected chi connectivity index (χ3v) is 2.86. The van der Waals surface area contributed by atoms with Gasteiger partial charge in [-0.15, -0.1) is 0 Å². The number of thioether (sulfide) groups is 1. The molecule has 72 valence electrons. The van der Waals surface area contributed by atoms with Crippen molar-refractivity contribution in [3.05, 3.63) is 0 Å². The molecule has 0 aliphatic rings. The van der Waals surface area contributed by atoms with E-state index in [1.165, 1.54) is 0 Å². The molecular formula is C8H17NO2S. The van der Waals surface area contributed by atoms with Crippen molar-refractivity contribution in [3.8, 4) is 0 Å². The van der Waals surface area contributed by atoms with Crippen LogP contribution in [0.4, 0.5) is 0 Å². The van der Waals surface area contributed by atoms with Crippen molar-refractivity contribution in [2.45, 2.75) is 25.0 Å². The molecule has 2 atom stereocenters. The van der Waals surface area contributed by atoms with Crippen molar-refractivity contribution in [3.63, 3.8) is 0 Å². The monoisotopic (exact) mass is 191 g/mol. The van der Waals surface area contributed by atoms with Gasteiger partial charge in [0.05, 0.1) is 0 Å². The third kappa shape index (κ3) is 5.43. The van der Waals surface area contributed by atoms with Crippen LogP contribution in [0, 0.1) is 5.92 Å². The Labute approximate surface area is 77.7 Å². The summed E-state index contributed by atoms with van der Waals surface area (Å²) in [6.07, 6.45) is 3.12. The van der Waals surface area contributed by atoms with Crippen LogP contribution >= 0.6 is 11.8 Å². The van der Waals surface area contributed by atoms with Crippen molar-refractivity contribution >= 4 is 17.7 Å². The summed E-state index contributed by atoms with van der Waals surface area (Å²) in [7, 11) is 0. The van der Waals surface area contributed by atoms with Gasteiger partial charge in [0.25, 0.3) is 0 Å². The highest BCUT2D eigenvalue weighted by atomic mass is 32.2. The minimum atomic E-state index is -0.751. The molecule has 0 aromatic heterocycles. The molecule has 0 fully saturated rings. The molecule has 0 amide bonds. The predicted octanol–water partition coefficient (Wildman–Crippen LogP) is 1.18. The Bertz CT molecular complexity index is 141. The first-order chi connectivity index (χ1) is 5.60. The van der Waals surface area contributed by atoms with E-state index < -0.39 is 5.97 Å². The summed E-state index contributed by atoms with van der Waals surface area (Å²) in [6, 6.07) is 0. The van der Waals surface area contributed by atoms with Crippen molar-refractivity contribution in [1.82, 2.24) is 0 Å². The highest BCUT2D eigenvalue weighted by Crippen LogP contribution is 2.17. The molecule has 0 heterocycles. The molecule has 0 bridgehead atoms. The lowest BCUT2D eigenvalue weighted by atomic mass is 10.0. The average molecular weight is 191 g/mol. The zero-order valence-corrected chi connectivity index (χ0v) is 8.43. The molecule has 12 heavy (non-hydrogen) atoms. The summed E-state index contributed by atoms with van der Waals surface area (Å²) in [4.78, 5) is 10.4. The molecule has 3 N–H and O–H groups in total. The molecule has 0 radical (unpaired) electrons. The second-order valence-electron chi connectivity index (χ2n) is 2.98. The van der Waals surface area contributed by atoms with Gasteiger partial charge in [0.15, 0.2) is 0 Å². The van der Waals surface area contributed by atoms with Gasteiger partial charge in [-0.1, -0.05) is 6.92 Å². The number of hydrogen-bond acceptors (Lipinski definition) is 3. The number of carboxylic acid groups (broad SMARTS) is 1. The van der Waals surface area contributed by atoms with E-state index in [2.05, 4.69) is 6.92 Å². The Morgan fingerprint density at radius 3 is 2.58 bits per heavy atom. The summed E-state index contributed by atoms with van der Waals surface area (Å²) in [5.41, 5.74) is 5.45. The Morgan fingerprint density at radius 1 is 1.67 bits per heavy atom. The van der Waals surface area contributed by atoms with Gasteiger partial charge in [-0.3, -0.25) is 4.79 Å². The van der Waals surface area contributed by atoms with Gasteiger partial charge < -0.3 is 10.8 Å². The molecule has 0 aromatic carbocycles. The van der Waals surface area contributed by atoms with Crippen LogP contribution < -0.4 is 5.73 Å². The van der Waals surface area contributed by atoms with Gasteiger partial charge in [-0.25, -0.2) is 0 Å². The zero-order valence-electron chi connectivity index (χ0n) is 7.62. The van der Waals surface area contributed by atoms with Gasteiger partial charge in [0, 0.05) is 11.7 Å². The van der Waals surface area contributed by atoms with E-state index in [0.29, 0.717) is 11.8 Å². The lowest BCUT2D eigenvalue weighted by molar-refractivity contribution is -0.138. The van der Waals surface area contributed by atoms with Crippen LogP contribution in [0.15, 0.2) is 0 Å². The summed E-state index contributed by atoms with van der Waals surface area (Å²) >= 11 is 1.75. The summed E-state index contributed by atoms with van der Waals surface area (Å²) in [6.45, 7) is 2.56. The van der Waals surface area contributed by atoms with Gasteiger partial charge in [0.1, 0.15) is 0 Å². The number of nitrogens with two attached hydrogens (primary N) is 1. The fourth-order valence-corrected chi connectivity index (χ4v) is 1.54. The SMILES string of the molecule is CSC(C)CC(CN)CC(=O)O. The molecule has 0 saturated carbocycles. The molecule has 0 spiro atoms. The highest BCUT2D eigenvalue weighted by molar-refractivity contribution is 7.99. The van der Waals surface area contributed by atoms with Crippen molar-refractivity contribution in [1.29, 1.82) is 0 Å². The lowest BCUT2D eigenvalue weighted by Crippen LogP contribution is -2.21. The standard InChI is InChI=1S/C8H17NO2S/c1-6(12-2)3-7(5-9)4-8(10)11/h6-7H,3-5,9H2,1-2H3,(H,10,11). The zero-order chi connectivity index (χ0) is 9.56. The van der Waals surface area contributed by atoms with E-state index in [4.69, 9.17) is 10.8 Å². The Kier molecular flexibility index (Phi) is 6.20. The third-order valence-electron chi connectivity index (χ3n) is 1.86. The number of carboxylic acids is 1. The maximum absolute atomic E-state index is 10.4. The maximum atomic E-state index is 10.4. The topological polar surface area (TPSA) is 63.3 Å².